The Morgan fingerprint density at radius 1 is 1.10 bits per heavy atom. The van der Waals surface area contributed by atoms with Crippen molar-refractivity contribution < 1.29 is 4.39 Å². The van der Waals surface area contributed by atoms with Gasteiger partial charge < -0.3 is 0 Å². The third kappa shape index (κ3) is 54.0. The minimum atomic E-state index is -1.00. The number of hydrogen-bond acceptors (Lipinski definition) is 0. The first-order chi connectivity index (χ1) is 9.15. The van der Waals surface area contributed by atoms with Gasteiger partial charge >= 0.3 is 0 Å². The van der Waals surface area contributed by atoms with E-state index in [1.54, 1.807) is 6.08 Å². The van der Waals surface area contributed by atoms with Crippen LogP contribution in [-0.2, 0) is 0 Å². The highest BCUT2D eigenvalue weighted by Crippen LogP contribution is 2.06. The van der Waals surface area contributed by atoms with Crippen molar-refractivity contribution in [1.29, 1.82) is 0 Å². The maximum Gasteiger partial charge on any atom is 0.102 e. The van der Waals surface area contributed by atoms with E-state index in [4.69, 9.17) is 0 Å². The van der Waals surface area contributed by atoms with Crippen LogP contribution in [0.15, 0.2) is 48.6 Å². The smallest absolute Gasteiger partial charge is 0.102 e. The number of hydrogen-bond donors (Lipinski definition) is 0. The van der Waals surface area contributed by atoms with E-state index in [1.807, 2.05) is 26.8 Å². The van der Waals surface area contributed by atoms with Crippen LogP contribution in [0.2, 0.25) is 0 Å². The Kier molecular flexibility index (Phi) is 27.6. The lowest BCUT2D eigenvalue weighted by Gasteiger charge is -1.99. The average molecular weight is 285 g/mol. The molecule has 0 amide bonds. The summed E-state index contributed by atoms with van der Waals surface area (Å²) in [5, 5.41) is 0. The molecule has 0 aromatic carbocycles. The molecule has 0 saturated heterocycles. The van der Waals surface area contributed by atoms with E-state index in [2.05, 4.69) is 46.1 Å². The summed E-state index contributed by atoms with van der Waals surface area (Å²) in [5.41, 5.74) is 1.60. The van der Waals surface area contributed by atoms with Crippen LogP contribution in [-0.4, -0.2) is 5.67 Å². The van der Waals surface area contributed by atoms with Crippen molar-refractivity contribution in [3.8, 4) is 0 Å². The quantitative estimate of drug-likeness (QED) is 0.373. The summed E-state index contributed by atoms with van der Waals surface area (Å²) in [7, 11) is 0. The van der Waals surface area contributed by atoms with E-state index in [9.17, 15) is 4.39 Å². The highest BCUT2D eigenvalue weighted by atomic mass is 19.1. The molecule has 0 unspecified atom stereocenters. The molecule has 0 bridgehead atoms. The van der Waals surface area contributed by atoms with Crippen LogP contribution in [0.1, 0.15) is 68.7 Å². The number of alkyl halides is 1. The molecule has 1 heteroatoms. The maximum atomic E-state index is 11.7. The Bertz CT molecular complexity index is 256. The molecule has 0 aliphatic heterocycles. The fourth-order valence-corrected chi connectivity index (χ4v) is 0.741. The van der Waals surface area contributed by atoms with Gasteiger partial charge in [-0.15, -0.1) is 6.58 Å². The van der Waals surface area contributed by atoms with E-state index < -0.39 is 5.67 Å². The zero-order valence-electron chi connectivity index (χ0n) is 15.3. The molecule has 20 heavy (non-hydrogen) atoms. The molecule has 0 heterocycles. The van der Waals surface area contributed by atoms with E-state index in [1.165, 1.54) is 31.9 Å². The zero-order chi connectivity index (χ0) is 17.2. The Hall–Kier alpha value is -1.11. The molecule has 0 aliphatic carbocycles. The second-order valence-electron chi connectivity index (χ2n) is 4.78. The topological polar surface area (TPSA) is 0 Å². The van der Waals surface area contributed by atoms with E-state index in [-0.39, 0.29) is 0 Å². The minimum absolute atomic E-state index is 1.00. The van der Waals surface area contributed by atoms with Crippen LogP contribution < -0.4 is 0 Å². The molecule has 0 saturated carbocycles. The second-order valence-corrected chi connectivity index (χ2v) is 4.78. The van der Waals surface area contributed by atoms with Crippen LogP contribution in [0.4, 0.5) is 4.39 Å². The molecule has 0 N–H and O–H groups in total. The van der Waals surface area contributed by atoms with Gasteiger partial charge in [0.25, 0.3) is 0 Å². The normalized spacial score (nSPS) is 10.7. The first-order valence-corrected chi connectivity index (χ1v) is 7.38. The highest BCUT2D eigenvalue weighted by molar-refractivity contribution is 5.26. The summed E-state index contributed by atoms with van der Waals surface area (Å²) in [6.45, 7) is 23.8. The Balaban J connectivity index is -0.000000107. The molecule has 0 rings (SSSR count). The lowest BCUT2D eigenvalue weighted by atomic mass is 10.1. The molecular weight excluding hydrogens is 247 g/mol. The van der Waals surface area contributed by atoms with Gasteiger partial charge in [0, 0.05) is 0 Å². The average Bonchev–Trinajstić information content (AvgIpc) is 2.37. The van der Waals surface area contributed by atoms with Crippen LogP contribution in [0, 0.1) is 0 Å². The van der Waals surface area contributed by atoms with E-state index in [0.717, 1.165) is 6.42 Å². The minimum Gasteiger partial charge on any atom is -0.245 e. The first kappa shape index (κ1) is 27.3. The molecule has 0 atom stereocenters. The van der Waals surface area contributed by atoms with Crippen molar-refractivity contribution in [3.05, 3.63) is 48.6 Å². The maximum absolute atomic E-state index is 11.7. The fourth-order valence-electron chi connectivity index (χ4n) is 0.741. The third-order valence-corrected chi connectivity index (χ3v) is 1.51. The van der Waals surface area contributed by atoms with Crippen molar-refractivity contribution in [2.24, 2.45) is 0 Å². The van der Waals surface area contributed by atoms with E-state index >= 15 is 0 Å². The zero-order valence-corrected chi connectivity index (χ0v) is 15.3. The van der Waals surface area contributed by atoms with E-state index in [0.29, 0.717) is 0 Å². The van der Waals surface area contributed by atoms with Crippen LogP contribution in [0.25, 0.3) is 0 Å². The molecule has 0 nitrogen and oxygen atoms in total. The second kappa shape index (κ2) is 20.2. The highest BCUT2D eigenvalue weighted by Gasteiger charge is 2.01. The van der Waals surface area contributed by atoms with Gasteiger partial charge in [0.1, 0.15) is 5.67 Å². The van der Waals surface area contributed by atoms with Crippen molar-refractivity contribution in [2.45, 2.75) is 74.4 Å². The standard InChI is InChI=1S/C10H16.C4H9F.C3H6.C2H6/c1-5-9(4)8-10(6-2)7-3;1-4(2,3)5;1-3-2;1-2/h5-6,8H,1,7H2,2-4H3;1-3H3;3H,1H2,2H3;1-2H3/b9-8-,10-6-;;;. The first-order valence-electron chi connectivity index (χ1n) is 7.38. The van der Waals surface area contributed by atoms with Crippen LogP contribution in [0.3, 0.4) is 0 Å². The largest absolute Gasteiger partial charge is 0.245 e. The van der Waals surface area contributed by atoms with Gasteiger partial charge in [-0.3, -0.25) is 0 Å². The summed E-state index contributed by atoms with van der Waals surface area (Å²) < 4.78 is 11.7. The monoisotopic (exact) mass is 284 g/mol. The number of halogens is 1. The van der Waals surface area contributed by atoms with Gasteiger partial charge in [-0.2, -0.15) is 0 Å². The Labute approximate surface area is 128 Å². The molecule has 0 aliphatic rings. The fraction of sp³-hybridized carbons (Fsp3) is 0.579. The number of allylic oxidation sites excluding steroid dienone is 6. The Morgan fingerprint density at radius 2 is 1.40 bits per heavy atom. The summed E-state index contributed by atoms with van der Waals surface area (Å²) in [6, 6.07) is 0. The van der Waals surface area contributed by atoms with Gasteiger partial charge in [0.2, 0.25) is 0 Å². The molecule has 0 spiro atoms. The molecular formula is C19H37F. The third-order valence-electron chi connectivity index (χ3n) is 1.51. The number of rotatable bonds is 3. The molecule has 0 radical (unpaired) electrons. The molecule has 120 valence electrons. The predicted octanol–water partition coefficient (Wildman–Crippen LogP) is 7.45. The summed E-state index contributed by atoms with van der Waals surface area (Å²) in [6.07, 6.45) is 9.01. The van der Waals surface area contributed by atoms with Crippen LogP contribution in [0.5, 0.6) is 0 Å². The molecule has 0 aromatic heterocycles. The summed E-state index contributed by atoms with van der Waals surface area (Å²) >= 11 is 0. The predicted molar refractivity (Wildman–Crippen MR) is 96.1 cm³/mol. The van der Waals surface area contributed by atoms with Crippen molar-refractivity contribution in [3.63, 3.8) is 0 Å². The van der Waals surface area contributed by atoms with Crippen molar-refractivity contribution >= 4 is 0 Å². The van der Waals surface area contributed by atoms with Crippen LogP contribution >= 0.6 is 0 Å². The Morgan fingerprint density at radius 3 is 1.55 bits per heavy atom. The summed E-state index contributed by atoms with van der Waals surface area (Å²) in [5.74, 6) is 0. The van der Waals surface area contributed by atoms with Crippen molar-refractivity contribution in [2.75, 3.05) is 0 Å². The lowest BCUT2D eigenvalue weighted by molar-refractivity contribution is 0.246. The SMILES string of the molecule is C=C/C(C)=C\C(=C/C)CC.C=CC.CC.CC(C)(C)F. The van der Waals surface area contributed by atoms with Crippen molar-refractivity contribution in [1.82, 2.24) is 0 Å². The lowest BCUT2D eigenvalue weighted by Crippen LogP contribution is -2.01. The molecule has 0 fully saturated rings. The van der Waals surface area contributed by atoms with Gasteiger partial charge in [-0.05, 0) is 48.0 Å². The van der Waals surface area contributed by atoms with Gasteiger partial charge in [0.15, 0.2) is 0 Å². The molecule has 0 aromatic rings. The van der Waals surface area contributed by atoms with Gasteiger partial charge in [-0.25, -0.2) is 4.39 Å². The summed E-state index contributed by atoms with van der Waals surface area (Å²) in [4.78, 5) is 0. The van der Waals surface area contributed by atoms with Gasteiger partial charge in [-0.1, -0.05) is 62.8 Å². The van der Waals surface area contributed by atoms with Gasteiger partial charge in [0.05, 0.1) is 0 Å².